The normalized spacial score (nSPS) is 23.0. The summed E-state index contributed by atoms with van der Waals surface area (Å²) in [5, 5.41) is 0.620. The van der Waals surface area contributed by atoms with Crippen molar-refractivity contribution in [2.75, 3.05) is 18.5 Å². The van der Waals surface area contributed by atoms with E-state index in [4.69, 9.17) is 23.1 Å². The highest BCUT2D eigenvalue weighted by molar-refractivity contribution is 6.31. The Labute approximate surface area is 179 Å². The van der Waals surface area contributed by atoms with E-state index in [0.717, 1.165) is 12.8 Å². The Hall–Kier alpha value is -2.88. The molecule has 5 rings (SSSR count). The quantitative estimate of drug-likeness (QED) is 0.454. The smallest absolute Gasteiger partial charge is 0.165 e. The third kappa shape index (κ3) is 2.89. The highest BCUT2D eigenvalue weighted by atomic mass is 35.5. The predicted molar refractivity (Wildman–Crippen MR) is 118 cm³/mol. The van der Waals surface area contributed by atoms with Crippen molar-refractivity contribution in [2.45, 2.75) is 37.3 Å². The minimum atomic E-state index is -0.576. The van der Waals surface area contributed by atoms with Gasteiger partial charge in [0.05, 0.1) is 21.6 Å². The summed E-state index contributed by atoms with van der Waals surface area (Å²) in [7, 11) is 2.16. The second-order valence-electron chi connectivity index (χ2n) is 8.11. The second kappa shape index (κ2) is 6.83. The summed E-state index contributed by atoms with van der Waals surface area (Å²) in [5.41, 5.74) is 14.3. The first-order chi connectivity index (χ1) is 14.4. The molecule has 30 heavy (non-hydrogen) atoms. The van der Waals surface area contributed by atoms with E-state index in [2.05, 4.69) is 33.8 Å². The highest BCUT2D eigenvalue weighted by Crippen LogP contribution is 2.44. The van der Waals surface area contributed by atoms with Gasteiger partial charge in [0, 0.05) is 22.7 Å². The number of aromatic nitrogens is 2. The highest BCUT2D eigenvalue weighted by Gasteiger charge is 2.48. The summed E-state index contributed by atoms with van der Waals surface area (Å²) >= 11 is 5.91. The molecule has 5 nitrogen and oxygen atoms in total. The molecule has 2 aliphatic heterocycles. The molecule has 0 unspecified atom stereocenters. The molecule has 4 N–H and O–H groups in total. The van der Waals surface area contributed by atoms with Gasteiger partial charge in [-0.15, -0.1) is 0 Å². The molecule has 2 aliphatic rings. The zero-order chi connectivity index (χ0) is 21.0. The molecule has 2 saturated heterocycles. The van der Waals surface area contributed by atoms with E-state index in [9.17, 15) is 4.39 Å². The molecule has 2 fully saturated rings. The lowest BCUT2D eigenvalue weighted by molar-refractivity contribution is 0.257. The van der Waals surface area contributed by atoms with Crippen molar-refractivity contribution >= 4 is 34.0 Å². The van der Waals surface area contributed by atoms with Crippen molar-refractivity contribution in [3.63, 3.8) is 0 Å². The number of benzene rings is 2. The lowest BCUT2D eigenvalue weighted by Gasteiger charge is -2.25. The first-order valence-electron chi connectivity index (χ1n) is 9.95. The van der Waals surface area contributed by atoms with Gasteiger partial charge in [0.25, 0.3) is 0 Å². The number of rotatable bonds is 1. The maximum absolute atomic E-state index is 14.5. The fraction of sp³-hybridized carbons (Fsp3) is 0.304. The molecule has 0 aliphatic carbocycles. The summed E-state index contributed by atoms with van der Waals surface area (Å²) in [6.45, 7) is 0. The van der Waals surface area contributed by atoms with Crippen LogP contribution in [-0.2, 0) is 0 Å². The molecule has 152 valence electrons. The third-order valence-electron chi connectivity index (χ3n) is 6.52. The van der Waals surface area contributed by atoms with E-state index >= 15 is 0 Å². The van der Waals surface area contributed by atoms with Gasteiger partial charge in [-0.1, -0.05) is 29.5 Å². The van der Waals surface area contributed by atoms with Crippen molar-refractivity contribution < 1.29 is 4.39 Å². The Morgan fingerprint density at radius 3 is 2.67 bits per heavy atom. The lowest BCUT2D eigenvalue weighted by Crippen LogP contribution is -2.36. The number of nitrogens with zero attached hydrogens (tertiary/aromatic N) is 3. The van der Waals surface area contributed by atoms with Crippen molar-refractivity contribution in [2.24, 2.45) is 0 Å². The minimum Gasteiger partial charge on any atom is -0.398 e. The van der Waals surface area contributed by atoms with E-state index in [-0.39, 0.29) is 27.8 Å². The summed E-state index contributed by atoms with van der Waals surface area (Å²) in [6.07, 6.45) is 4.55. The summed E-state index contributed by atoms with van der Waals surface area (Å²) in [5.74, 6) is 6.59. The Morgan fingerprint density at radius 1 is 1.20 bits per heavy atom. The van der Waals surface area contributed by atoms with E-state index in [1.807, 2.05) is 0 Å². The van der Waals surface area contributed by atoms with Gasteiger partial charge in [-0.3, -0.25) is 4.90 Å². The molecule has 7 heteroatoms. The van der Waals surface area contributed by atoms with Crippen molar-refractivity contribution in [1.82, 2.24) is 14.9 Å². The number of hydrogen-bond acceptors (Lipinski definition) is 5. The van der Waals surface area contributed by atoms with Gasteiger partial charge in [0.15, 0.2) is 11.6 Å². The molecule has 0 saturated carbocycles. The molecule has 0 radical (unpaired) electrons. The average Bonchev–Trinajstić information content (AvgIpc) is 3.21. The van der Waals surface area contributed by atoms with Crippen molar-refractivity contribution in [3.05, 3.63) is 46.7 Å². The molecule has 2 aromatic carbocycles. The SMILES string of the molecule is CN1C2CCC1(C#Cc1cc3nc(-c4cccc(Cl)c4F)nc(N)c3cc1N)CC2. The number of nitrogen functional groups attached to an aromatic ring is 2. The first-order valence-corrected chi connectivity index (χ1v) is 10.3. The van der Waals surface area contributed by atoms with Gasteiger partial charge in [0.1, 0.15) is 5.82 Å². The van der Waals surface area contributed by atoms with Crippen LogP contribution in [0, 0.1) is 17.7 Å². The Balaban J connectivity index is 1.61. The van der Waals surface area contributed by atoms with Crippen LogP contribution in [0.1, 0.15) is 31.2 Å². The van der Waals surface area contributed by atoms with Crippen LogP contribution in [0.15, 0.2) is 30.3 Å². The van der Waals surface area contributed by atoms with Gasteiger partial charge < -0.3 is 11.5 Å². The number of hydrogen-bond donors (Lipinski definition) is 2. The van der Waals surface area contributed by atoms with E-state index in [1.165, 1.54) is 18.9 Å². The van der Waals surface area contributed by atoms with Crippen LogP contribution < -0.4 is 11.5 Å². The van der Waals surface area contributed by atoms with Gasteiger partial charge in [0.2, 0.25) is 0 Å². The van der Waals surface area contributed by atoms with E-state index in [1.54, 1.807) is 24.3 Å². The van der Waals surface area contributed by atoms with E-state index < -0.39 is 5.82 Å². The van der Waals surface area contributed by atoms with Crippen molar-refractivity contribution in [1.29, 1.82) is 0 Å². The fourth-order valence-corrected chi connectivity index (χ4v) is 4.86. The van der Waals surface area contributed by atoms with Gasteiger partial charge in [-0.2, -0.15) is 0 Å². The summed E-state index contributed by atoms with van der Waals surface area (Å²) in [6, 6.07) is 8.88. The maximum Gasteiger partial charge on any atom is 0.165 e. The van der Waals surface area contributed by atoms with Crippen LogP contribution in [0.4, 0.5) is 15.9 Å². The Kier molecular flexibility index (Phi) is 4.35. The Bertz CT molecular complexity index is 1240. The zero-order valence-electron chi connectivity index (χ0n) is 16.5. The molecular formula is C23H21ClFN5. The Morgan fingerprint density at radius 2 is 1.97 bits per heavy atom. The molecule has 0 spiro atoms. The molecule has 3 aromatic rings. The van der Waals surface area contributed by atoms with Crippen LogP contribution in [0.5, 0.6) is 0 Å². The van der Waals surface area contributed by atoms with Crippen LogP contribution in [-0.4, -0.2) is 33.5 Å². The fourth-order valence-electron chi connectivity index (χ4n) is 4.69. The standard InChI is InChI=1S/C23H21ClFN5/c1-30-14-6-9-23(30,10-7-14)8-5-13-11-19-16(12-18(13)26)21(27)29-22(28-19)15-3-2-4-17(24)20(15)25/h2-4,11-12,14H,6-7,9-10,26H2,1H3,(H2,27,28,29). The second-order valence-corrected chi connectivity index (χ2v) is 8.52. The van der Waals surface area contributed by atoms with Crippen LogP contribution >= 0.6 is 11.6 Å². The van der Waals surface area contributed by atoms with Gasteiger partial charge in [-0.05, 0) is 57.0 Å². The third-order valence-corrected chi connectivity index (χ3v) is 6.82. The van der Waals surface area contributed by atoms with Crippen molar-refractivity contribution in [3.8, 4) is 23.2 Å². The number of halogens is 2. The average molecular weight is 422 g/mol. The van der Waals surface area contributed by atoms with Gasteiger partial charge in [-0.25, -0.2) is 14.4 Å². The van der Waals surface area contributed by atoms with Crippen LogP contribution in [0.25, 0.3) is 22.3 Å². The van der Waals surface area contributed by atoms with Crippen LogP contribution in [0.2, 0.25) is 5.02 Å². The zero-order valence-corrected chi connectivity index (χ0v) is 17.3. The predicted octanol–water partition coefficient (Wildman–Crippen LogP) is 4.23. The number of anilines is 2. The van der Waals surface area contributed by atoms with E-state index in [0.29, 0.717) is 28.2 Å². The number of fused-ring (bicyclic) bond motifs is 3. The van der Waals surface area contributed by atoms with Crippen LogP contribution in [0.3, 0.4) is 0 Å². The summed E-state index contributed by atoms with van der Waals surface area (Å²) < 4.78 is 14.5. The molecule has 0 atom stereocenters. The molecular weight excluding hydrogens is 401 g/mol. The lowest BCUT2D eigenvalue weighted by atomic mass is 9.88. The molecule has 3 heterocycles. The number of nitrogens with two attached hydrogens (primary N) is 2. The summed E-state index contributed by atoms with van der Waals surface area (Å²) in [4.78, 5) is 11.2. The molecule has 1 aromatic heterocycles. The largest absolute Gasteiger partial charge is 0.398 e. The first kappa shape index (κ1) is 19.1. The maximum atomic E-state index is 14.5. The monoisotopic (exact) mass is 421 g/mol. The molecule has 0 amide bonds. The minimum absolute atomic E-state index is 0.00781. The topological polar surface area (TPSA) is 81.1 Å². The molecule has 2 bridgehead atoms. The van der Waals surface area contributed by atoms with Gasteiger partial charge >= 0.3 is 0 Å².